The number of hydrogen-bond acceptors (Lipinski definition) is 4. The Hall–Kier alpha value is -1.13. The fourth-order valence-corrected chi connectivity index (χ4v) is 4.14. The van der Waals surface area contributed by atoms with E-state index in [1.807, 2.05) is 0 Å². The smallest absolute Gasteiger partial charge is 0.333 e. The van der Waals surface area contributed by atoms with Gasteiger partial charge in [-0.25, -0.2) is 4.79 Å². The Bertz CT molecular complexity index is 552. The van der Waals surface area contributed by atoms with Crippen molar-refractivity contribution in [3.63, 3.8) is 0 Å². The van der Waals surface area contributed by atoms with Crippen LogP contribution in [0.15, 0.2) is 23.8 Å². The zero-order valence-electron chi connectivity index (χ0n) is 15.9. The molecule has 2 fully saturated rings. The molecule has 25 heavy (non-hydrogen) atoms. The topological polar surface area (TPSA) is 51.4 Å². The van der Waals surface area contributed by atoms with Gasteiger partial charge in [-0.3, -0.25) is 0 Å². The normalized spacial score (nSPS) is 38.9. The van der Waals surface area contributed by atoms with Gasteiger partial charge in [0.1, 0.15) is 0 Å². The van der Waals surface area contributed by atoms with Gasteiger partial charge in [0.05, 0.1) is 31.0 Å². The van der Waals surface area contributed by atoms with Crippen LogP contribution in [0, 0.1) is 5.92 Å². The number of carbonyl (C=O) groups is 1. The van der Waals surface area contributed by atoms with Gasteiger partial charge in [-0.1, -0.05) is 18.2 Å². The summed E-state index contributed by atoms with van der Waals surface area (Å²) in [6.45, 7) is 8.43. The second-order valence-corrected chi connectivity index (χ2v) is 8.14. The van der Waals surface area contributed by atoms with Crippen molar-refractivity contribution in [1.29, 1.82) is 0 Å². The molecular formula is C21H32O4. The minimum absolute atomic E-state index is 0.0514. The Kier molecular flexibility index (Phi) is 5.69. The third-order valence-electron chi connectivity index (χ3n) is 6.15. The zero-order valence-corrected chi connectivity index (χ0v) is 15.9. The number of carbonyl (C=O) groups excluding carboxylic acids is 1. The van der Waals surface area contributed by atoms with Gasteiger partial charge in [0.25, 0.3) is 0 Å². The molecule has 0 aromatic rings. The van der Waals surface area contributed by atoms with Crippen molar-refractivity contribution in [3.05, 3.63) is 23.8 Å². The molecule has 3 aliphatic rings. The highest BCUT2D eigenvalue weighted by Crippen LogP contribution is 2.46. The van der Waals surface area contributed by atoms with Crippen LogP contribution in [0.5, 0.6) is 0 Å². The molecule has 0 N–H and O–H groups in total. The summed E-state index contributed by atoms with van der Waals surface area (Å²) in [7, 11) is 1.42. The predicted octanol–water partition coefficient (Wildman–Crippen LogP) is 4.34. The lowest BCUT2D eigenvalue weighted by Crippen LogP contribution is -2.19. The quantitative estimate of drug-likeness (QED) is 0.322. The molecule has 0 aromatic carbocycles. The average molecular weight is 348 g/mol. The van der Waals surface area contributed by atoms with Crippen molar-refractivity contribution in [3.8, 4) is 0 Å². The molecule has 1 aliphatic carbocycles. The summed E-state index contributed by atoms with van der Waals surface area (Å²) < 4.78 is 16.7. The number of fused-ring (bicyclic) bond motifs is 2. The Balaban J connectivity index is 1.66. The summed E-state index contributed by atoms with van der Waals surface area (Å²) in [4.78, 5) is 12.0. The molecule has 4 nitrogen and oxygen atoms in total. The summed E-state index contributed by atoms with van der Waals surface area (Å²) in [6.07, 6.45) is 11.7. The van der Waals surface area contributed by atoms with Gasteiger partial charge < -0.3 is 14.2 Å². The number of allylic oxidation sites excluding steroid dienone is 2. The van der Waals surface area contributed by atoms with Gasteiger partial charge >= 0.3 is 5.97 Å². The number of ether oxygens (including phenoxy) is 3. The second kappa shape index (κ2) is 7.63. The molecule has 0 amide bonds. The molecule has 4 heteroatoms. The number of methoxy groups -OCH3 is 1. The van der Waals surface area contributed by atoms with E-state index in [1.54, 1.807) is 0 Å². The van der Waals surface area contributed by atoms with Crippen LogP contribution in [0.3, 0.4) is 0 Å². The van der Waals surface area contributed by atoms with Gasteiger partial charge in [-0.2, -0.15) is 0 Å². The first kappa shape index (κ1) is 18.7. The third kappa shape index (κ3) is 4.73. The molecule has 2 heterocycles. The monoisotopic (exact) mass is 348 g/mol. The largest absolute Gasteiger partial charge is 0.466 e. The fraction of sp³-hybridized carbons (Fsp3) is 0.762. The van der Waals surface area contributed by atoms with Crippen molar-refractivity contribution in [1.82, 2.24) is 0 Å². The first-order chi connectivity index (χ1) is 11.9. The van der Waals surface area contributed by atoms with Gasteiger partial charge in [0, 0.05) is 5.57 Å². The van der Waals surface area contributed by atoms with Crippen LogP contribution in [0.2, 0.25) is 0 Å². The lowest BCUT2D eigenvalue weighted by atomic mass is 9.86. The molecule has 2 saturated heterocycles. The molecule has 3 rings (SSSR count). The van der Waals surface area contributed by atoms with Gasteiger partial charge in [0.15, 0.2) is 0 Å². The van der Waals surface area contributed by atoms with E-state index in [9.17, 15) is 4.79 Å². The molecule has 0 spiro atoms. The van der Waals surface area contributed by atoms with E-state index in [4.69, 9.17) is 14.2 Å². The fourth-order valence-electron chi connectivity index (χ4n) is 4.14. The first-order valence-electron chi connectivity index (χ1n) is 9.69. The number of esters is 1. The summed E-state index contributed by atoms with van der Waals surface area (Å²) in [5.41, 5.74) is 2.01. The van der Waals surface area contributed by atoms with Crippen LogP contribution < -0.4 is 0 Å². The second-order valence-electron chi connectivity index (χ2n) is 8.14. The van der Waals surface area contributed by atoms with Crippen LogP contribution in [-0.4, -0.2) is 37.0 Å². The van der Waals surface area contributed by atoms with E-state index in [1.165, 1.54) is 19.1 Å². The Morgan fingerprint density at radius 1 is 1.32 bits per heavy atom. The highest BCUT2D eigenvalue weighted by molar-refractivity contribution is 5.88. The highest BCUT2D eigenvalue weighted by Gasteiger charge is 2.52. The van der Waals surface area contributed by atoms with Gasteiger partial charge in [-0.15, -0.1) is 0 Å². The molecule has 5 unspecified atom stereocenters. The van der Waals surface area contributed by atoms with E-state index in [2.05, 4.69) is 26.5 Å². The van der Waals surface area contributed by atoms with Gasteiger partial charge in [0.2, 0.25) is 0 Å². The standard InChI is InChI=1S/C21H32O4/c1-14-7-5-9-17-18(24-17)11-10-16(15(2)20(22)23-4)13-19-21(3,25-19)12-6-8-14/h8,16-19H,2,5-7,9-13H2,1,3-4H3. The van der Waals surface area contributed by atoms with Crippen molar-refractivity contribution in [2.45, 2.75) is 89.1 Å². The zero-order chi connectivity index (χ0) is 18.0. The summed E-state index contributed by atoms with van der Waals surface area (Å²) in [6, 6.07) is 0. The van der Waals surface area contributed by atoms with Crippen molar-refractivity contribution >= 4 is 5.97 Å². The Morgan fingerprint density at radius 3 is 2.84 bits per heavy atom. The van der Waals surface area contributed by atoms with Crippen molar-refractivity contribution in [2.75, 3.05) is 7.11 Å². The highest BCUT2D eigenvalue weighted by atomic mass is 16.6. The lowest BCUT2D eigenvalue weighted by Gasteiger charge is -2.17. The third-order valence-corrected chi connectivity index (χ3v) is 6.15. The number of rotatable bonds is 2. The molecule has 5 atom stereocenters. The van der Waals surface area contributed by atoms with E-state index in [0.29, 0.717) is 17.8 Å². The molecule has 2 aliphatic heterocycles. The minimum Gasteiger partial charge on any atom is -0.466 e. The molecule has 0 bridgehead atoms. The molecule has 0 saturated carbocycles. The molecule has 0 radical (unpaired) electrons. The van der Waals surface area contributed by atoms with Crippen LogP contribution in [0.1, 0.15) is 65.2 Å². The maximum absolute atomic E-state index is 12.0. The first-order valence-corrected chi connectivity index (χ1v) is 9.69. The average Bonchev–Trinajstić information content (AvgIpc) is 3.47. The van der Waals surface area contributed by atoms with Crippen LogP contribution in [0.4, 0.5) is 0 Å². The van der Waals surface area contributed by atoms with E-state index >= 15 is 0 Å². The SMILES string of the molecule is C=C(C(=O)OC)C1CCC2OC2CCCC(C)=CCCC2(C)OC2C1. The van der Waals surface area contributed by atoms with Gasteiger partial charge in [-0.05, 0) is 71.1 Å². The van der Waals surface area contributed by atoms with Crippen LogP contribution in [-0.2, 0) is 19.0 Å². The van der Waals surface area contributed by atoms with Crippen molar-refractivity contribution < 1.29 is 19.0 Å². The van der Waals surface area contributed by atoms with E-state index in [0.717, 1.165) is 44.9 Å². The number of hydrogen-bond donors (Lipinski definition) is 0. The molecule has 140 valence electrons. The predicted molar refractivity (Wildman–Crippen MR) is 97.3 cm³/mol. The summed E-state index contributed by atoms with van der Waals surface area (Å²) in [5, 5.41) is 0. The summed E-state index contributed by atoms with van der Waals surface area (Å²) >= 11 is 0. The molecule has 0 aromatic heterocycles. The van der Waals surface area contributed by atoms with E-state index in [-0.39, 0.29) is 23.6 Å². The van der Waals surface area contributed by atoms with Crippen LogP contribution in [0.25, 0.3) is 0 Å². The summed E-state index contributed by atoms with van der Waals surface area (Å²) in [5.74, 6) is -0.177. The number of epoxide rings is 2. The molecular weight excluding hydrogens is 316 g/mol. The maximum atomic E-state index is 12.0. The lowest BCUT2D eigenvalue weighted by molar-refractivity contribution is -0.136. The minimum atomic E-state index is -0.294. The van der Waals surface area contributed by atoms with Crippen LogP contribution >= 0.6 is 0 Å². The maximum Gasteiger partial charge on any atom is 0.333 e. The van der Waals surface area contributed by atoms with E-state index < -0.39 is 0 Å². The van der Waals surface area contributed by atoms with Crippen molar-refractivity contribution in [2.24, 2.45) is 5.92 Å². The Labute approximate surface area is 151 Å². The Morgan fingerprint density at radius 2 is 2.08 bits per heavy atom.